The second-order valence-electron chi connectivity index (χ2n) is 8.85. The number of nitrogens with zero attached hydrogens (tertiary/aromatic N) is 3. The Morgan fingerprint density at radius 1 is 0.906 bits per heavy atom. The molecule has 1 heterocycles. The minimum absolute atomic E-state index is 0.0905. The van der Waals surface area contributed by atoms with Gasteiger partial charge in [-0.05, 0) is 42.9 Å². The first-order valence-electron chi connectivity index (χ1n) is 12.0. The summed E-state index contributed by atoms with van der Waals surface area (Å²) in [6.07, 6.45) is 6.46. The van der Waals surface area contributed by atoms with E-state index in [4.69, 9.17) is 0 Å². The van der Waals surface area contributed by atoms with Gasteiger partial charge in [0.05, 0.1) is 4.90 Å². The number of rotatable bonds is 9. The SMILES string of the molecule is CCN(CC)S(=O)(=O)c1ccc(CCC(=O)N2CCN(C(=O)CC3CCCC3)CC2)cc1. The van der Waals surface area contributed by atoms with Crippen molar-refractivity contribution in [2.45, 2.75) is 63.7 Å². The van der Waals surface area contributed by atoms with Crippen molar-refractivity contribution in [2.75, 3.05) is 39.3 Å². The summed E-state index contributed by atoms with van der Waals surface area (Å²) in [5, 5.41) is 0. The summed E-state index contributed by atoms with van der Waals surface area (Å²) in [4.78, 5) is 29.2. The predicted molar refractivity (Wildman–Crippen MR) is 125 cm³/mol. The molecule has 2 amide bonds. The normalized spacial score (nSPS) is 17.8. The zero-order chi connectivity index (χ0) is 23.1. The number of carbonyl (C=O) groups is 2. The van der Waals surface area contributed by atoms with E-state index in [-0.39, 0.29) is 16.7 Å². The van der Waals surface area contributed by atoms with Gasteiger partial charge in [0.1, 0.15) is 0 Å². The molecule has 3 rings (SSSR count). The fourth-order valence-corrected chi connectivity index (χ4v) is 6.20. The van der Waals surface area contributed by atoms with Gasteiger partial charge in [0.25, 0.3) is 0 Å². The van der Waals surface area contributed by atoms with Gasteiger partial charge < -0.3 is 9.80 Å². The highest BCUT2D eigenvalue weighted by atomic mass is 32.2. The van der Waals surface area contributed by atoms with E-state index in [1.165, 1.54) is 30.0 Å². The van der Waals surface area contributed by atoms with Crippen LogP contribution in [0.3, 0.4) is 0 Å². The number of sulfonamides is 1. The molecule has 1 aromatic carbocycles. The summed E-state index contributed by atoms with van der Waals surface area (Å²) in [6, 6.07) is 6.84. The molecular formula is C24H37N3O4S. The Labute approximate surface area is 192 Å². The molecule has 8 heteroatoms. The van der Waals surface area contributed by atoms with E-state index in [1.807, 2.05) is 23.6 Å². The third-order valence-electron chi connectivity index (χ3n) is 6.82. The van der Waals surface area contributed by atoms with Gasteiger partial charge in [-0.15, -0.1) is 0 Å². The Morgan fingerprint density at radius 2 is 1.44 bits per heavy atom. The van der Waals surface area contributed by atoms with Crippen LogP contribution in [0.15, 0.2) is 29.2 Å². The molecule has 1 aliphatic heterocycles. The lowest BCUT2D eigenvalue weighted by molar-refractivity contribution is -0.140. The maximum Gasteiger partial charge on any atom is 0.243 e. The number of hydrogen-bond acceptors (Lipinski definition) is 4. The van der Waals surface area contributed by atoms with E-state index >= 15 is 0 Å². The van der Waals surface area contributed by atoms with E-state index < -0.39 is 10.0 Å². The van der Waals surface area contributed by atoms with Gasteiger partial charge in [0.15, 0.2) is 0 Å². The van der Waals surface area contributed by atoms with E-state index in [0.717, 1.165) is 5.56 Å². The van der Waals surface area contributed by atoms with Crippen LogP contribution in [0.2, 0.25) is 0 Å². The molecule has 0 unspecified atom stereocenters. The fourth-order valence-electron chi connectivity index (χ4n) is 4.75. The van der Waals surface area contributed by atoms with Crippen molar-refractivity contribution in [1.29, 1.82) is 0 Å². The van der Waals surface area contributed by atoms with Crippen molar-refractivity contribution < 1.29 is 18.0 Å². The summed E-state index contributed by atoms with van der Waals surface area (Å²) in [6.45, 7) is 6.96. The van der Waals surface area contributed by atoms with Gasteiger partial charge in [-0.2, -0.15) is 4.31 Å². The second-order valence-corrected chi connectivity index (χ2v) is 10.8. The van der Waals surface area contributed by atoms with Crippen molar-refractivity contribution in [3.8, 4) is 0 Å². The zero-order valence-electron chi connectivity index (χ0n) is 19.5. The molecule has 0 aromatic heterocycles. The van der Waals surface area contributed by atoms with Gasteiger partial charge in [-0.3, -0.25) is 9.59 Å². The molecule has 1 saturated carbocycles. The molecule has 1 aromatic rings. The van der Waals surface area contributed by atoms with Gasteiger partial charge in [-0.1, -0.05) is 38.8 Å². The maximum atomic E-state index is 12.6. The number of piperazine rings is 1. The predicted octanol–water partition coefficient (Wildman–Crippen LogP) is 2.90. The molecular weight excluding hydrogens is 426 g/mol. The van der Waals surface area contributed by atoms with Crippen LogP contribution in [-0.4, -0.2) is 73.6 Å². The Hall–Kier alpha value is -1.93. The highest BCUT2D eigenvalue weighted by molar-refractivity contribution is 7.89. The van der Waals surface area contributed by atoms with E-state index in [9.17, 15) is 18.0 Å². The van der Waals surface area contributed by atoms with Crippen LogP contribution in [0.5, 0.6) is 0 Å². The quantitative estimate of drug-likeness (QED) is 0.564. The molecule has 32 heavy (non-hydrogen) atoms. The molecule has 0 atom stereocenters. The van der Waals surface area contributed by atoms with Crippen molar-refractivity contribution in [3.05, 3.63) is 29.8 Å². The fraction of sp³-hybridized carbons (Fsp3) is 0.667. The number of amides is 2. The molecule has 0 N–H and O–H groups in total. The first-order valence-corrected chi connectivity index (χ1v) is 13.4. The van der Waals surface area contributed by atoms with E-state index in [0.29, 0.717) is 64.4 Å². The minimum Gasteiger partial charge on any atom is -0.339 e. The van der Waals surface area contributed by atoms with Gasteiger partial charge in [-0.25, -0.2) is 8.42 Å². The summed E-state index contributed by atoms with van der Waals surface area (Å²) in [7, 11) is -3.46. The third-order valence-corrected chi connectivity index (χ3v) is 8.88. The Bertz CT molecular complexity index is 867. The average molecular weight is 464 g/mol. The summed E-state index contributed by atoms with van der Waals surface area (Å²) < 4.78 is 26.6. The van der Waals surface area contributed by atoms with Crippen LogP contribution in [0.4, 0.5) is 0 Å². The molecule has 2 fully saturated rings. The highest BCUT2D eigenvalue weighted by Gasteiger charge is 2.27. The van der Waals surface area contributed by atoms with Crippen molar-refractivity contribution in [3.63, 3.8) is 0 Å². The lowest BCUT2D eigenvalue weighted by Gasteiger charge is -2.35. The minimum atomic E-state index is -3.46. The zero-order valence-corrected chi connectivity index (χ0v) is 20.3. The molecule has 0 radical (unpaired) electrons. The molecule has 0 spiro atoms. The van der Waals surface area contributed by atoms with E-state index in [2.05, 4.69) is 0 Å². The van der Waals surface area contributed by atoms with Crippen LogP contribution in [-0.2, 0) is 26.0 Å². The lowest BCUT2D eigenvalue weighted by atomic mass is 10.0. The number of benzene rings is 1. The number of carbonyl (C=O) groups excluding carboxylic acids is 2. The van der Waals surface area contributed by atoms with Crippen LogP contribution >= 0.6 is 0 Å². The van der Waals surface area contributed by atoms with Gasteiger partial charge in [0.2, 0.25) is 21.8 Å². The van der Waals surface area contributed by atoms with Crippen LogP contribution in [0, 0.1) is 5.92 Å². The molecule has 1 aliphatic carbocycles. The molecule has 7 nitrogen and oxygen atoms in total. The summed E-state index contributed by atoms with van der Waals surface area (Å²) in [5.41, 5.74) is 0.947. The standard InChI is InChI=1S/C24H37N3O4S/c1-3-27(4-2)32(30,31)22-12-9-20(10-13-22)11-14-23(28)25-15-17-26(18-16-25)24(29)19-21-7-5-6-8-21/h9-10,12-13,21H,3-8,11,14-19H2,1-2H3. The summed E-state index contributed by atoms with van der Waals surface area (Å²) >= 11 is 0. The Kier molecular flexibility index (Phi) is 8.71. The van der Waals surface area contributed by atoms with Crippen LogP contribution in [0.1, 0.15) is 57.9 Å². The Morgan fingerprint density at radius 3 is 1.97 bits per heavy atom. The third kappa shape index (κ3) is 6.10. The molecule has 1 saturated heterocycles. The topological polar surface area (TPSA) is 78.0 Å². The lowest BCUT2D eigenvalue weighted by Crippen LogP contribution is -2.50. The largest absolute Gasteiger partial charge is 0.339 e. The van der Waals surface area contributed by atoms with Gasteiger partial charge >= 0.3 is 0 Å². The van der Waals surface area contributed by atoms with Crippen molar-refractivity contribution >= 4 is 21.8 Å². The van der Waals surface area contributed by atoms with Crippen LogP contribution < -0.4 is 0 Å². The Balaban J connectivity index is 1.44. The first-order chi connectivity index (χ1) is 15.3. The van der Waals surface area contributed by atoms with E-state index in [1.54, 1.807) is 24.3 Å². The monoisotopic (exact) mass is 463 g/mol. The molecule has 2 aliphatic rings. The average Bonchev–Trinajstić information content (AvgIpc) is 3.31. The molecule has 0 bridgehead atoms. The van der Waals surface area contributed by atoms with Gasteiger partial charge in [0, 0.05) is 52.1 Å². The number of hydrogen-bond donors (Lipinski definition) is 0. The first kappa shape index (κ1) is 24.7. The van der Waals surface area contributed by atoms with Crippen molar-refractivity contribution in [1.82, 2.24) is 14.1 Å². The highest BCUT2D eigenvalue weighted by Crippen LogP contribution is 2.28. The number of aryl methyl sites for hydroxylation is 1. The molecule has 178 valence electrons. The smallest absolute Gasteiger partial charge is 0.243 e. The van der Waals surface area contributed by atoms with Crippen molar-refractivity contribution in [2.24, 2.45) is 5.92 Å². The van der Waals surface area contributed by atoms with Crippen LogP contribution in [0.25, 0.3) is 0 Å². The second kappa shape index (κ2) is 11.3. The maximum absolute atomic E-state index is 12.6. The summed E-state index contributed by atoms with van der Waals surface area (Å²) in [5.74, 6) is 0.882.